The first kappa shape index (κ1) is 17.7. The SMILES string of the molecule is CC[C@H]1Cn2c(C(=O)NCc3ccccc3OC)cc3c(Cl)ccc(c32)O1. The molecule has 2 aromatic carbocycles. The Hall–Kier alpha value is -2.66. The number of para-hydroxylation sites is 1. The number of nitrogens with one attached hydrogen (secondary N) is 1. The topological polar surface area (TPSA) is 52.5 Å². The molecule has 4 rings (SSSR count). The van der Waals surface area contributed by atoms with Gasteiger partial charge in [-0.05, 0) is 30.7 Å². The third-order valence-corrected chi connectivity index (χ3v) is 5.30. The minimum Gasteiger partial charge on any atom is -0.496 e. The average molecular weight is 385 g/mol. The Morgan fingerprint density at radius 2 is 2.15 bits per heavy atom. The van der Waals surface area contributed by atoms with Crippen molar-refractivity contribution in [1.29, 1.82) is 0 Å². The Morgan fingerprint density at radius 1 is 1.33 bits per heavy atom. The van der Waals surface area contributed by atoms with Crippen LogP contribution in [-0.4, -0.2) is 23.7 Å². The predicted octanol–water partition coefficient (Wildman–Crippen LogP) is 4.40. The first-order chi connectivity index (χ1) is 13.1. The van der Waals surface area contributed by atoms with E-state index in [1.807, 2.05) is 47.0 Å². The molecule has 1 N–H and O–H groups in total. The van der Waals surface area contributed by atoms with Gasteiger partial charge >= 0.3 is 0 Å². The van der Waals surface area contributed by atoms with Gasteiger partial charge in [0.2, 0.25) is 0 Å². The fraction of sp³-hybridized carbons (Fsp3) is 0.286. The highest BCUT2D eigenvalue weighted by molar-refractivity contribution is 6.36. The molecule has 140 valence electrons. The number of rotatable bonds is 5. The molecule has 0 fully saturated rings. The summed E-state index contributed by atoms with van der Waals surface area (Å²) in [5, 5.41) is 4.45. The fourth-order valence-corrected chi connectivity index (χ4v) is 3.74. The van der Waals surface area contributed by atoms with Crippen LogP contribution < -0.4 is 14.8 Å². The van der Waals surface area contributed by atoms with Crippen LogP contribution in [0.15, 0.2) is 42.5 Å². The van der Waals surface area contributed by atoms with E-state index in [1.54, 1.807) is 7.11 Å². The van der Waals surface area contributed by atoms with Crippen LogP contribution in [0.25, 0.3) is 10.9 Å². The number of nitrogens with zero attached hydrogens (tertiary/aromatic N) is 1. The third kappa shape index (κ3) is 3.12. The Kier molecular flexibility index (Phi) is 4.70. The van der Waals surface area contributed by atoms with Crippen LogP contribution in [-0.2, 0) is 13.1 Å². The molecule has 5 nitrogen and oxygen atoms in total. The number of amides is 1. The van der Waals surface area contributed by atoms with Gasteiger partial charge in [0.05, 0.1) is 24.2 Å². The van der Waals surface area contributed by atoms with E-state index in [0.29, 0.717) is 23.8 Å². The van der Waals surface area contributed by atoms with Crippen LogP contribution in [0.3, 0.4) is 0 Å². The quantitative estimate of drug-likeness (QED) is 0.709. The molecule has 0 bridgehead atoms. The maximum atomic E-state index is 13.0. The Labute approximate surface area is 162 Å². The molecular weight excluding hydrogens is 364 g/mol. The number of ether oxygens (including phenoxy) is 2. The second-order valence-corrected chi connectivity index (χ2v) is 7.00. The molecule has 0 saturated heterocycles. The summed E-state index contributed by atoms with van der Waals surface area (Å²) in [6.45, 7) is 3.09. The van der Waals surface area contributed by atoms with E-state index >= 15 is 0 Å². The zero-order chi connectivity index (χ0) is 19.0. The van der Waals surface area contributed by atoms with E-state index < -0.39 is 0 Å². The molecule has 27 heavy (non-hydrogen) atoms. The molecule has 0 aliphatic carbocycles. The van der Waals surface area contributed by atoms with Crippen LogP contribution in [0.4, 0.5) is 0 Å². The van der Waals surface area contributed by atoms with Gasteiger partial charge in [0.25, 0.3) is 5.91 Å². The van der Waals surface area contributed by atoms with E-state index in [4.69, 9.17) is 21.1 Å². The van der Waals surface area contributed by atoms with Crippen LogP contribution >= 0.6 is 11.6 Å². The van der Waals surface area contributed by atoms with Crippen molar-refractivity contribution in [2.24, 2.45) is 0 Å². The van der Waals surface area contributed by atoms with E-state index in [2.05, 4.69) is 12.2 Å². The zero-order valence-electron chi connectivity index (χ0n) is 15.3. The lowest BCUT2D eigenvalue weighted by molar-refractivity contribution is 0.0935. The molecule has 0 saturated carbocycles. The molecule has 1 aliphatic rings. The Balaban J connectivity index is 1.67. The maximum absolute atomic E-state index is 13.0. The monoisotopic (exact) mass is 384 g/mol. The van der Waals surface area contributed by atoms with E-state index in [1.165, 1.54) is 0 Å². The lowest BCUT2D eigenvalue weighted by Gasteiger charge is -2.26. The Bertz CT molecular complexity index is 1010. The van der Waals surface area contributed by atoms with Crippen molar-refractivity contribution in [1.82, 2.24) is 9.88 Å². The fourth-order valence-electron chi connectivity index (χ4n) is 3.54. The highest BCUT2D eigenvalue weighted by atomic mass is 35.5. The number of halogens is 1. The molecule has 3 aromatic rings. The van der Waals surface area contributed by atoms with Crippen LogP contribution in [0, 0.1) is 0 Å². The zero-order valence-corrected chi connectivity index (χ0v) is 16.0. The first-order valence-electron chi connectivity index (χ1n) is 9.00. The van der Waals surface area contributed by atoms with Crippen LogP contribution in [0.5, 0.6) is 11.5 Å². The number of carbonyl (C=O) groups excluding carboxylic acids is 1. The van der Waals surface area contributed by atoms with Crippen molar-refractivity contribution in [3.63, 3.8) is 0 Å². The second kappa shape index (κ2) is 7.16. The van der Waals surface area contributed by atoms with Crippen molar-refractivity contribution in [3.8, 4) is 11.5 Å². The molecule has 2 heterocycles. The molecule has 0 spiro atoms. The van der Waals surface area contributed by atoms with E-state index in [0.717, 1.165) is 34.4 Å². The van der Waals surface area contributed by atoms with E-state index in [9.17, 15) is 4.79 Å². The minimum absolute atomic E-state index is 0.0371. The first-order valence-corrected chi connectivity index (χ1v) is 9.38. The maximum Gasteiger partial charge on any atom is 0.268 e. The van der Waals surface area contributed by atoms with Crippen molar-refractivity contribution in [2.75, 3.05) is 7.11 Å². The standard InChI is InChI=1S/C21H21ClN2O3/c1-3-14-12-24-17(10-15-16(22)8-9-19(27-14)20(15)24)21(25)23-11-13-6-4-5-7-18(13)26-2/h4-10,14H,3,11-12H2,1-2H3,(H,23,25)/t14-/m0/s1. The predicted molar refractivity (Wildman–Crippen MR) is 106 cm³/mol. The molecule has 6 heteroatoms. The van der Waals surface area contributed by atoms with Crippen molar-refractivity contribution in [3.05, 3.63) is 58.7 Å². The minimum atomic E-state index is -0.143. The van der Waals surface area contributed by atoms with Gasteiger partial charge < -0.3 is 19.4 Å². The van der Waals surface area contributed by atoms with Gasteiger partial charge in [0.1, 0.15) is 23.3 Å². The molecule has 0 radical (unpaired) electrons. The molecule has 1 atom stereocenters. The summed E-state index contributed by atoms with van der Waals surface area (Å²) < 4.78 is 13.4. The summed E-state index contributed by atoms with van der Waals surface area (Å²) in [4.78, 5) is 13.0. The molecule has 1 amide bonds. The van der Waals surface area contributed by atoms with Gasteiger partial charge in [-0.2, -0.15) is 0 Å². The lowest BCUT2D eigenvalue weighted by Crippen LogP contribution is -2.31. The lowest BCUT2D eigenvalue weighted by atomic mass is 10.2. The summed E-state index contributed by atoms with van der Waals surface area (Å²) in [7, 11) is 1.62. The summed E-state index contributed by atoms with van der Waals surface area (Å²) in [5.74, 6) is 1.39. The van der Waals surface area contributed by atoms with Gasteiger partial charge in [0.15, 0.2) is 0 Å². The second-order valence-electron chi connectivity index (χ2n) is 6.59. The average Bonchev–Trinajstić information content (AvgIpc) is 3.10. The summed E-state index contributed by atoms with van der Waals surface area (Å²) in [5.41, 5.74) is 2.40. The number of hydrogen-bond acceptors (Lipinski definition) is 3. The van der Waals surface area contributed by atoms with Gasteiger partial charge in [-0.15, -0.1) is 0 Å². The summed E-state index contributed by atoms with van der Waals surface area (Å²) >= 11 is 6.37. The number of aromatic nitrogens is 1. The summed E-state index contributed by atoms with van der Waals surface area (Å²) in [6, 6.07) is 13.2. The Morgan fingerprint density at radius 3 is 2.93 bits per heavy atom. The largest absolute Gasteiger partial charge is 0.496 e. The number of hydrogen-bond donors (Lipinski definition) is 1. The van der Waals surface area contributed by atoms with E-state index in [-0.39, 0.29) is 12.0 Å². The number of benzene rings is 2. The highest BCUT2D eigenvalue weighted by Gasteiger charge is 2.27. The van der Waals surface area contributed by atoms with Crippen LogP contribution in [0.2, 0.25) is 5.02 Å². The van der Waals surface area contributed by atoms with Gasteiger partial charge in [0, 0.05) is 17.5 Å². The van der Waals surface area contributed by atoms with Gasteiger partial charge in [-0.3, -0.25) is 4.79 Å². The molecule has 1 aliphatic heterocycles. The third-order valence-electron chi connectivity index (χ3n) is 4.97. The molecule has 0 unspecified atom stereocenters. The van der Waals surface area contributed by atoms with Gasteiger partial charge in [-0.1, -0.05) is 36.7 Å². The smallest absolute Gasteiger partial charge is 0.268 e. The molecule has 1 aromatic heterocycles. The summed E-state index contributed by atoms with van der Waals surface area (Å²) in [6.07, 6.45) is 0.902. The van der Waals surface area contributed by atoms with Crippen LogP contribution in [0.1, 0.15) is 29.4 Å². The van der Waals surface area contributed by atoms with Gasteiger partial charge in [-0.25, -0.2) is 0 Å². The van der Waals surface area contributed by atoms with Crippen molar-refractivity contribution < 1.29 is 14.3 Å². The highest BCUT2D eigenvalue weighted by Crippen LogP contribution is 2.38. The number of methoxy groups -OCH3 is 1. The number of carbonyl (C=O) groups is 1. The normalized spacial score (nSPS) is 15.4. The molecular formula is C21H21ClN2O3. The van der Waals surface area contributed by atoms with Crippen molar-refractivity contribution in [2.45, 2.75) is 32.5 Å². The van der Waals surface area contributed by atoms with Crippen molar-refractivity contribution >= 4 is 28.4 Å².